The number of aromatic nitrogens is 1. The van der Waals surface area contributed by atoms with Crippen molar-refractivity contribution in [3.63, 3.8) is 0 Å². The van der Waals surface area contributed by atoms with E-state index in [1.165, 1.54) is 0 Å². The molecule has 1 aromatic carbocycles. The monoisotopic (exact) mass is 315 g/mol. The molecule has 2 rings (SSSR count). The summed E-state index contributed by atoms with van der Waals surface area (Å²) in [6.45, 7) is 5.30. The Labute approximate surface area is 135 Å². The van der Waals surface area contributed by atoms with Gasteiger partial charge in [0.15, 0.2) is 5.75 Å². The van der Waals surface area contributed by atoms with Crippen molar-refractivity contribution in [2.75, 3.05) is 0 Å². The number of hydrogen-bond acceptors (Lipinski definition) is 4. The second-order valence-corrected chi connectivity index (χ2v) is 5.17. The molecule has 0 fully saturated rings. The van der Waals surface area contributed by atoms with Crippen molar-refractivity contribution in [1.29, 1.82) is 0 Å². The van der Waals surface area contributed by atoms with Gasteiger partial charge < -0.3 is 14.0 Å². The number of nitrogens with zero attached hydrogens (tertiary/aromatic N) is 1. The first-order valence-corrected chi connectivity index (χ1v) is 7.65. The summed E-state index contributed by atoms with van der Waals surface area (Å²) >= 11 is 0. The molecule has 0 saturated carbocycles. The van der Waals surface area contributed by atoms with Crippen LogP contribution in [0.1, 0.15) is 32.4 Å². The number of ether oxygens (including phenoxy) is 2. The van der Waals surface area contributed by atoms with Gasteiger partial charge >= 0.3 is 11.9 Å². The van der Waals surface area contributed by atoms with Crippen LogP contribution < -0.4 is 9.47 Å². The molecule has 5 heteroatoms. The van der Waals surface area contributed by atoms with Crippen molar-refractivity contribution in [2.45, 2.75) is 33.6 Å². The van der Waals surface area contributed by atoms with Crippen LogP contribution in [0.4, 0.5) is 0 Å². The molecule has 0 N–H and O–H groups in total. The van der Waals surface area contributed by atoms with Crippen LogP contribution in [0.5, 0.6) is 11.6 Å². The lowest BCUT2D eigenvalue weighted by Crippen LogP contribution is -2.09. The average Bonchev–Trinajstić information content (AvgIpc) is 2.80. The zero-order chi connectivity index (χ0) is 17.0. The fourth-order valence-corrected chi connectivity index (χ4v) is 2.22. The molecule has 0 aliphatic heterocycles. The van der Waals surface area contributed by atoms with Crippen LogP contribution in [0.2, 0.25) is 0 Å². The summed E-state index contributed by atoms with van der Waals surface area (Å²) in [5, 5.41) is 0. The Morgan fingerprint density at radius 1 is 1.00 bits per heavy atom. The van der Waals surface area contributed by atoms with E-state index in [4.69, 9.17) is 9.47 Å². The number of esters is 2. The minimum absolute atomic E-state index is 0.266. The zero-order valence-electron chi connectivity index (χ0n) is 13.9. The first kappa shape index (κ1) is 16.8. The molecule has 1 aromatic heterocycles. The smallest absolute Gasteiger partial charge is 0.312 e. The summed E-state index contributed by atoms with van der Waals surface area (Å²) < 4.78 is 12.7. The van der Waals surface area contributed by atoms with E-state index >= 15 is 0 Å². The van der Waals surface area contributed by atoms with Gasteiger partial charge in [-0.1, -0.05) is 44.2 Å². The average molecular weight is 315 g/mol. The van der Waals surface area contributed by atoms with Crippen molar-refractivity contribution in [3.8, 4) is 22.8 Å². The molecule has 0 aliphatic carbocycles. The SMILES string of the molecule is CCC(=O)Oc1c(-c2ccccc2)c(OC(=O)CC)n(C)c1C. The van der Waals surface area contributed by atoms with Crippen LogP contribution >= 0.6 is 0 Å². The van der Waals surface area contributed by atoms with Crippen LogP contribution in [0, 0.1) is 6.92 Å². The van der Waals surface area contributed by atoms with Crippen molar-refractivity contribution in [2.24, 2.45) is 7.05 Å². The molecule has 122 valence electrons. The fourth-order valence-electron chi connectivity index (χ4n) is 2.22. The van der Waals surface area contributed by atoms with Gasteiger partial charge in [0.25, 0.3) is 0 Å². The van der Waals surface area contributed by atoms with E-state index in [1.807, 2.05) is 37.3 Å². The largest absolute Gasteiger partial charge is 0.424 e. The van der Waals surface area contributed by atoms with E-state index in [1.54, 1.807) is 25.5 Å². The Balaban J connectivity index is 2.63. The zero-order valence-corrected chi connectivity index (χ0v) is 13.9. The van der Waals surface area contributed by atoms with Crippen LogP contribution in [0.15, 0.2) is 30.3 Å². The second-order valence-electron chi connectivity index (χ2n) is 5.17. The van der Waals surface area contributed by atoms with Crippen molar-refractivity contribution < 1.29 is 19.1 Å². The molecule has 2 aromatic rings. The lowest BCUT2D eigenvalue weighted by Gasteiger charge is -2.09. The molecule has 0 spiro atoms. The highest BCUT2D eigenvalue weighted by Crippen LogP contribution is 2.43. The number of carbonyl (C=O) groups excluding carboxylic acids is 2. The maximum absolute atomic E-state index is 11.8. The van der Waals surface area contributed by atoms with E-state index in [0.717, 1.165) is 11.3 Å². The first-order valence-electron chi connectivity index (χ1n) is 7.65. The lowest BCUT2D eigenvalue weighted by atomic mass is 10.1. The molecule has 0 saturated heterocycles. The highest BCUT2D eigenvalue weighted by atomic mass is 16.6. The van der Waals surface area contributed by atoms with Crippen LogP contribution in [-0.2, 0) is 16.6 Å². The van der Waals surface area contributed by atoms with Crippen molar-refractivity contribution in [1.82, 2.24) is 4.57 Å². The van der Waals surface area contributed by atoms with Gasteiger partial charge in [-0.15, -0.1) is 0 Å². The summed E-state index contributed by atoms with van der Waals surface area (Å²) in [7, 11) is 1.78. The van der Waals surface area contributed by atoms with Crippen molar-refractivity contribution in [3.05, 3.63) is 36.0 Å². The highest BCUT2D eigenvalue weighted by Gasteiger charge is 2.25. The number of hydrogen-bond donors (Lipinski definition) is 0. The summed E-state index contributed by atoms with van der Waals surface area (Å²) in [5.74, 6) is 0.157. The maximum Gasteiger partial charge on any atom is 0.312 e. The van der Waals surface area contributed by atoms with E-state index in [9.17, 15) is 9.59 Å². The minimum atomic E-state index is -0.337. The third-order valence-electron chi connectivity index (χ3n) is 3.64. The normalized spacial score (nSPS) is 10.4. The predicted octanol–water partition coefficient (Wildman–Crippen LogP) is 3.63. The van der Waals surface area contributed by atoms with E-state index in [2.05, 4.69) is 0 Å². The molecule has 0 unspecified atom stereocenters. The molecule has 0 aliphatic rings. The molecular formula is C18H21NO4. The quantitative estimate of drug-likeness (QED) is 0.791. The molecule has 0 amide bonds. The fraction of sp³-hybridized carbons (Fsp3) is 0.333. The minimum Gasteiger partial charge on any atom is -0.424 e. The van der Waals surface area contributed by atoms with Gasteiger partial charge in [0.1, 0.15) is 0 Å². The third kappa shape index (κ3) is 3.44. The highest BCUT2D eigenvalue weighted by molar-refractivity contribution is 5.84. The maximum atomic E-state index is 11.8. The standard InChI is InChI=1S/C18H21NO4/c1-5-14(20)22-17-12(3)19(4)18(23-15(21)6-2)16(17)13-10-8-7-9-11-13/h7-11H,5-6H2,1-4H3. The van der Waals surface area contributed by atoms with Gasteiger partial charge in [-0.3, -0.25) is 9.59 Å². The first-order chi connectivity index (χ1) is 11.0. The van der Waals surface area contributed by atoms with Gasteiger partial charge in [-0.25, -0.2) is 0 Å². The van der Waals surface area contributed by atoms with Gasteiger partial charge in [0, 0.05) is 19.9 Å². The Morgan fingerprint density at radius 2 is 1.57 bits per heavy atom. The Kier molecular flexibility index (Phi) is 5.21. The molecular weight excluding hydrogens is 294 g/mol. The van der Waals surface area contributed by atoms with E-state index in [0.29, 0.717) is 17.2 Å². The Bertz CT molecular complexity index is 675. The van der Waals surface area contributed by atoms with Crippen LogP contribution in [0.3, 0.4) is 0 Å². The lowest BCUT2D eigenvalue weighted by molar-refractivity contribution is -0.134. The Hall–Kier alpha value is -2.56. The van der Waals surface area contributed by atoms with Crippen LogP contribution in [0.25, 0.3) is 11.1 Å². The molecule has 0 radical (unpaired) electrons. The second kappa shape index (κ2) is 7.13. The topological polar surface area (TPSA) is 57.5 Å². The molecule has 0 bridgehead atoms. The number of benzene rings is 1. The predicted molar refractivity (Wildman–Crippen MR) is 87.4 cm³/mol. The molecule has 23 heavy (non-hydrogen) atoms. The van der Waals surface area contributed by atoms with E-state index < -0.39 is 0 Å². The summed E-state index contributed by atoms with van der Waals surface area (Å²) in [6.07, 6.45) is 0.537. The summed E-state index contributed by atoms with van der Waals surface area (Å²) in [5.41, 5.74) is 2.17. The third-order valence-corrected chi connectivity index (χ3v) is 3.64. The van der Waals surface area contributed by atoms with Gasteiger partial charge in [0.2, 0.25) is 5.88 Å². The van der Waals surface area contributed by atoms with Gasteiger partial charge in [-0.05, 0) is 12.5 Å². The summed E-state index contributed by atoms with van der Waals surface area (Å²) in [6, 6.07) is 9.44. The number of rotatable bonds is 5. The van der Waals surface area contributed by atoms with Crippen LogP contribution in [-0.4, -0.2) is 16.5 Å². The molecule has 0 atom stereocenters. The Morgan fingerprint density at radius 3 is 2.13 bits per heavy atom. The molecule has 5 nitrogen and oxygen atoms in total. The van der Waals surface area contributed by atoms with Gasteiger partial charge in [-0.2, -0.15) is 0 Å². The summed E-state index contributed by atoms with van der Waals surface area (Å²) in [4.78, 5) is 23.5. The van der Waals surface area contributed by atoms with Gasteiger partial charge in [0.05, 0.1) is 11.3 Å². The molecule has 1 heterocycles. The van der Waals surface area contributed by atoms with Crippen molar-refractivity contribution >= 4 is 11.9 Å². The number of carbonyl (C=O) groups is 2. The van der Waals surface area contributed by atoms with E-state index in [-0.39, 0.29) is 24.8 Å².